The highest BCUT2D eigenvalue weighted by molar-refractivity contribution is 7.10. The van der Waals surface area contributed by atoms with Crippen molar-refractivity contribution in [1.29, 1.82) is 0 Å². The van der Waals surface area contributed by atoms with Crippen molar-refractivity contribution in [2.24, 2.45) is 0 Å². The molecule has 0 fully saturated rings. The summed E-state index contributed by atoms with van der Waals surface area (Å²) < 4.78 is 0. The fourth-order valence-corrected chi connectivity index (χ4v) is 2.88. The van der Waals surface area contributed by atoms with Gasteiger partial charge < -0.3 is 11.1 Å². The highest BCUT2D eigenvalue weighted by Crippen LogP contribution is 2.24. The summed E-state index contributed by atoms with van der Waals surface area (Å²) in [5, 5.41) is 5.39. The summed E-state index contributed by atoms with van der Waals surface area (Å²) in [4.78, 5) is 13.4. The molecular formula is C14H15ClN2OS. The van der Waals surface area contributed by atoms with Gasteiger partial charge in [0.2, 0.25) is 0 Å². The number of anilines is 1. The van der Waals surface area contributed by atoms with Crippen LogP contribution in [0.5, 0.6) is 0 Å². The Labute approximate surface area is 121 Å². The molecule has 1 aromatic heterocycles. The van der Waals surface area contributed by atoms with Gasteiger partial charge in [-0.2, -0.15) is 0 Å². The summed E-state index contributed by atoms with van der Waals surface area (Å²) in [5.41, 5.74) is 6.63. The van der Waals surface area contributed by atoms with Gasteiger partial charge in [-0.15, -0.1) is 11.3 Å². The Bertz CT molecular complexity index is 569. The molecule has 0 saturated carbocycles. The molecule has 1 atom stereocenters. The molecule has 1 aromatic carbocycles. The number of hydrogen-bond acceptors (Lipinski definition) is 3. The molecule has 0 saturated heterocycles. The van der Waals surface area contributed by atoms with Crippen LogP contribution in [0.2, 0.25) is 5.02 Å². The second-order valence-electron chi connectivity index (χ2n) is 4.19. The van der Waals surface area contributed by atoms with E-state index in [0.717, 1.165) is 11.3 Å². The number of carbonyl (C=O) groups is 1. The van der Waals surface area contributed by atoms with Crippen LogP contribution in [0.3, 0.4) is 0 Å². The van der Waals surface area contributed by atoms with Crippen molar-refractivity contribution in [3.05, 3.63) is 51.2 Å². The number of nitrogen functional groups attached to an aromatic ring is 1. The first-order chi connectivity index (χ1) is 9.11. The number of amides is 1. The average molecular weight is 295 g/mol. The molecule has 1 amide bonds. The maximum Gasteiger partial charge on any atom is 0.253 e. The number of hydrogen-bond donors (Lipinski definition) is 2. The lowest BCUT2D eigenvalue weighted by Gasteiger charge is -2.16. The second kappa shape index (κ2) is 6.08. The lowest BCUT2D eigenvalue weighted by molar-refractivity contribution is 0.0936. The number of nitrogens with one attached hydrogen (secondary N) is 1. The molecule has 0 aliphatic heterocycles. The monoisotopic (exact) mass is 294 g/mol. The first-order valence-electron chi connectivity index (χ1n) is 6.01. The topological polar surface area (TPSA) is 55.1 Å². The highest BCUT2D eigenvalue weighted by atomic mass is 35.5. The molecular weight excluding hydrogens is 280 g/mol. The molecule has 3 nitrogen and oxygen atoms in total. The highest BCUT2D eigenvalue weighted by Gasteiger charge is 2.17. The van der Waals surface area contributed by atoms with E-state index in [-0.39, 0.29) is 11.9 Å². The van der Waals surface area contributed by atoms with Gasteiger partial charge in [0, 0.05) is 10.6 Å². The van der Waals surface area contributed by atoms with Crippen LogP contribution >= 0.6 is 22.9 Å². The largest absolute Gasteiger partial charge is 0.399 e. The molecule has 0 radical (unpaired) electrons. The Hall–Kier alpha value is -1.52. The number of nitrogens with two attached hydrogens (primary N) is 1. The van der Waals surface area contributed by atoms with E-state index in [9.17, 15) is 4.79 Å². The van der Waals surface area contributed by atoms with E-state index in [1.54, 1.807) is 29.5 Å². The van der Waals surface area contributed by atoms with Gasteiger partial charge in [-0.3, -0.25) is 4.79 Å². The van der Waals surface area contributed by atoms with Crippen molar-refractivity contribution in [3.8, 4) is 0 Å². The summed E-state index contributed by atoms with van der Waals surface area (Å²) in [6.45, 7) is 2.03. The minimum Gasteiger partial charge on any atom is -0.399 e. The van der Waals surface area contributed by atoms with Crippen molar-refractivity contribution in [3.63, 3.8) is 0 Å². The van der Waals surface area contributed by atoms with Crippen molar-refractivity contribution in [1.82, 2.24) is 5.32 Å². The average Bonchev–Trinajstić information content (AvgIpc) is 2.92. The van der Waals surface area contributed by atoms with Crippen molar-refractivity contribution >= 4 is 34.5 Å². The fourth-order valence-electron chi connectivity index (χ4n) is 1.82. The standard InChI is InChI=1S/C14H15ClN2OS/c1-2-12(13-4-3-7-19-13)17-14(18)10-8-9(16)5-6-11(10)15/h3-8,12H,2,16H2,1H3,(H,17,18). The zero-order valence-corrected chi connectivity index (χ0v) is 12.1. The van der Waals surface area contributed by atoms with E-state index < -0.39 is 0 Å². The molecule has 2 rings (SSSR count). The molecule has 0 aliphatic carbocycles. The molecule has 1 unspecified atom stereocenters. The second-order valence-corrected chi connectivity index (χ2v) is 5.58. The number of benzene rings is 1. The van der Waals surface area contributed by atoms with Crippen LogP contribution in [0.4, 0.5) is 5.69 Å². The zero-order chi connectivity index (χ0) is 13.8. The van der Waals surface area contributed by atoms with Gasteiger partial charge in [-0.1, -0.05) is 24.6 Å². The van der Waals surface area contributed by atoms with Gasteiger partial charge in [0.1, 0.15) is 0 Å². The maximum atomic E-state index is 12.2. The zero-order valence-electron chi connectivity index (χ0n) is 10.5. The normalized spacial score (nSPS) is 12.1. The quantitative estimate of drug-likeness (QED) is 0.841. The lowest BCUT2D eigenvalue weighted by Crippen LogP contribution is -2.27. The Morgan fingerprint density at radius 3 is 2.89 bits per heavy atom. The summed E-state index contributed by atoms with van der Waals surface area (Å²) in [6.07, 6.45) is 0.826. The predicted octanol–water partition coefficient (Wildman–Crippen LogP) is 3.86. The fraction of sp³-hybridized carbons (Fsp3) is 0.214. The predicted molar refractivity (Wildman–Crippen MR) is 80.7 cm³/mol. The van der Waals surface area contributed by atoms with Gasteiger partial charge in [-0.05, 0) is 36.1 Å². The Balaban J connectivity index is 2.18. The minimum absolute atomic E-state index is 0.00463. The summed E-state index contributed by atoms with van der Waals surface area (Å²) in [6, 6.07) is 8.90. The van der Waals surface area contributed by atoms with Gasteiger partial charge in [-0.25, -0.2) is 0 Å². The third-order valence-electron chi connectivity index (χ3n) is 2.84. The minimum atomic E-state index is -0.197. The van der Waals surface area contributed by atoms with Crippen molar-refractivity contribution in [2.45, 2.75) is 19.4 Å². The molecule has 0 spiro atoms. The maximum absolute atomic E-state index is 12.2. The van der Waals surface area contributed by atoms with Crippen LogP contribution < -0.4 is 11.1 Å². The number of carbonyl (C=O) groups excluding carboxylic acids is 1. The van der Waals surface area contributed by atoms with Gasteiger partial charge in [0.15, 0.2) is 0 Å². The molecule has 100 valence electrons. The van der Waals surface area contributed by atoms with E-state index in [1.165, 1.54) is 0 Å². The van der Waals surface area contributed by atoms with Crippen LogP contribution in [0.25, 0.3) is 0 Å². The van der Waals surface area contributed by atoms with Crippen LogP contribution in [0.1, 0.15) is 34.6 Å². The number of rotatable bonds is 4. The van der Waals surface area contributed by atoms with E-state index >= 15 is 0 Å². The van der Waals surface area contributed by atoms with Crippen LogP contribution in [0, 0.1) is 0 Å². The Morgan fingerprint density at radius 1 is 1.47 bits per heavy atom. The van der Waals surface area contributed by atoms with Crippen molar-refractivity contribution in [2.75, 3.05) is 5.73 Å². The van der Waals surface area contributed by atoms with E-state index in [4.69, 9.17) is 17.3 Å². The van der Waals surface area contributed by atoms with Gasteiger partial charge in [0.05, 0.1) is 16.6 Å². The molecule has 0 aliphatic rings. The summed E-state index contributed by atoms with van der Waals surface area (Å²) >= 11 is 7.66. The van der Waals surface area contributed by atoms with Crippen molar-refractivity contribution < 1.29 is 4.79 Å². The molecule has 3 N–H and O–H groups in total. The van der Waals surface area contributed by atoms with Crippen LogP contribution in [-0.2, 0) is 0 Å². The molecule has 19 heavy (non-hydrogen) atoms. The first kappa shape index (κ1) is 13.9. The summed E-state index contributed by atoms with van der Waals surface area (Å²) in [7, 11) is 0. The number of thiophene rings is 1. The first-order valence-corrected chi connectivity index (χ1v) is 7.27. The van der Waals surface area contributed by atoms with E-state index in [0.29, 0.717) is 16.3 Å². The molecule has 1 heterocycles. The lowest BCUT2D eigenvalue weighted by atomic mass is 10.1. The van der Waals surface area contributed by atoms with E-state index in [2.05, 4.69) is 5.32 Å². The van der Waals surface area contributed by atoms with Crippen LogP contribution in [-0.4, -0.2) is 5.91 Å². The van der Waals surface area contributed by atoms with E-state index in [1.807, 2.05) is 24.4 Å². The Kier molecular flexibility index (Phi) is 4.45. The Morgan fingerprint density at radius 2 is 2.26 bits per heavy atom. The number of halogens is 1. The third kappa shape index (κ3) is 3.28. The molecule has 2 aromatic rings. The van der Waals surface area contributed by atoms with Gasteiger partial charge >= 0.3 is 0 Å². The molecule has 5 heteroatoms. The van der Waals surface area contributed by atoms with Gasteiger partial charge in [0.25, 0.3) is 5.91 Å². The smallest absolute Gasteiger partial charge is 0.253 e. The SMILES string of the molecule is CCC(NC(=O)c1cc(N)ccc1Cl)c1cccs1. The van der Waals surface area contributed by atoms with Crippen LogP contribution in [0.15, 0.2) is 35.7 Å². The molecule has 0 bridgehead atoms. The summed E-state index contributed by atoms with van der Waals surface area (Å²) in [5.74, 6) is -0.197. The third-order valence-corrected chi connectivity index (χ3v) is 4.15.